The van der Waals surface area contributed by atoms with Crippen molar-refractivity contribution in [3.8, 4) is 0 Å². The fourth-order valence-corrected chi connectivity index (χ4v) is 2.09. The molecule has 2 N–H and O–H groups in total. The molecule has 1 aliphatic carbocycles. The van der Waals surface area contributed by atoms with Gasteiger partial charge in [-0.2, -0.15) is 0 Å². The van der Waals surface area contributed by atoms with E-state index in [4.69, 9.17) is 5.73 Å². The number of hydrogen-bond donors (Lipinski definition) is 1. The molecule has 0 radical (unpaired) electrons. The topological polar surface area (TPSA) is 46.3 Å². The van der Waals surface area contributed by atoms with Crippen molar-refractivity contribution in [2.75, 3.05) is 20.6 Å². The molecule has 0 atom stereocenters. The van der Waals surface area contributed by atoms with Crippen LogP contribution in [-0.4, -0.2) is 36.9 Å². The smallest absolute Gasteiger partial charge is 0.152 e. The van der Waals surface area contributed by atoms with E-state index in [2.05, 4.69) is 4.90 Å². The van der Waals surface area contributed by atoms with Gasteiger partial charge in [0.05, 0.1) is 5.54 Å². The SMILES string of the molecule is CN(C)CCCC(=O)C1(N)CCCC1. The highest BCUT2D eigenvalue weighted by Crippen LogP contribution is 2.29. The molecule has 1 fully saturated rings. The Hall–Kier alpha value is -0.410. The predicted molar refractivity (Wildman–Crippen MR) is 58.2 cm³/mol. The summed E-state index contributed by atoms with van der Waals surface area (Å²) >= 11 is 0. The fourth-order valence-electron chi connectivity index (χ4n) is 2.09. The lowest BCUT2D eigenvalue weighted by Crippen LogP contribution is -2.45. The Balaban J connectivity index is 2.27. The Morgan fingerprint density at radius 3 is 2.43 bits per heavy atom. The zero-order valence-corrected chi connectivity index (χ0v) is 9.38. The Morgan fingerprint density at radius 2 is 1.93 bits per heavy atom. The molecule has 1 saturated carbocycles. The molecule has 3 heteroatoms. The number of Topliss-reactive ketones (excluding diaryl/α,β-unsaturated/α-hetero) is 1. The standard InChI is InChI=1S/C11H22N2O/c1-13(2)9-5-6-10(14)11(12)7-3-4-8-11/h3-9,12H2,1-2H3. The minimum Gasteiger partial charge on any atom is -0.319 e. The summed E-state index contributed by atoms with van der Waals surface area (Å²) in [5.74, 6) is 0.275. The quantitative estimate of drug-likeness (QED) is 0.721. The summed E-state index contributed by atoms with van der Waals surface area (Å²) in [5.41, 5.74) is 5.59. The van der Waals surface area contributed by atoms with Crippen molar-refractivity contribution in [2.45, 2.75) is 44.1 Å². The molecule has 0 bridgehead atoms. The van der Waals surface area contributed by atoms with Crippen LogP contribution < -0.4 is 5.73 Å². The van der Waals surface area contributed by atoms with Crippen LogP contribution in [0.25, 0.3) is 0 Å². The summed E-state index contributed by atoms with van der Waals surface area (Å²) in [6.45, 7) is 0.974. The molecule has 0 aromatic heterocycles. The lowest BCUT2D eigenvalue weighted by atomic mass is 9.90. The number of nitrogens with zero attached hydrogens (tertiary/aromatic N) is 1. The average molecular weight is 198 g/mol. The van der Waals surface area contributed by atoms with Crippen LogP contribution in [0.4, 0.5) is 0 Å². The Kier molecular flexibility index (Phi) is 4.08. The second-order valence-electron chi connectivity index (χ2n) is 4.69. The molecular weight excluding hydrogens is 176 g/mol. The summed E-state index contributed by atoms with van der Waals surface area (Å²) in [6, 6.07) is 0. The van der Waals surface area contributed by atoms with E-state index in [-0.39, 0.29) is 5.78 Å². The molecule has 0 unspecified atom stereocenters. The van der Waals surface area contributed by atoms with Crippen LogP contribution in [0.2, 0.25) is 0 Å². The van der Waals surface area contributed by atoms with Gasteiger partial charge in [-0.15, -0.1) is 0 Å². The van der Waals surface area contributed by atoms with Crippen LogP contribution in [0.3, 0.4) is 0 Å². The second kappa shape index (κ2) is 4.89. The lowest BCUT2D eigenvalue weighted by Gasteiger charge is -2.22. The maximum atomic E-state index is 11.8. The summed E-state index contributed by atoms with van der Waals surface area (Å²) in [5, 5.41) is 0. The lowest BCUT2D eigenvalue weighted by molar-refractivity contribution is -0.124. The first-order chi connectivity index (χ1) is 6.54. The molecule has 0 aromatic carbocycles. The first-order valence-corrected chi connectivity index (χ1v) is 5.51. The van der Waals surface area contributed by atoms with Gasteiger partial charge in [0.15, 0.2) is 5.78 Å². The summed E-state index contributed by atoms with van der Waals surface area (Å²) < 4.78 is 0. The molecule has 1 aliphatic rings. The molecule has 14 heavy (non-hydrogen) atoms. The second-order valence-corrected chi connectivity index (χ2v) is 4.69. The Morgan fingerprint density at radius 1 is 1.36 bits per heavy atom. The van der Waals surface area contributed by atoms with Gasteiger partial charge in [0, 0.05) is 6.42 Å². The van der Waals surface area contributed by atoms with E-state index in [0.717, 1.165) is 38.6 Å². The van der Waals surface area contributed by atoms with Crippen LogP contribution in [0.5, 0.6) is 0 Å². The zero-order chi connectivity index (χ0) is 10.6. The van der Waals surface area contributed by atoms with Crippen molar-refractivity contribution in [3.05, 3.63) is 0 Å². The van der Waals surface area contributed by atoms with Gasteiger partial charge in [-0.25, -0.2) is 0 Å². The number of hydrogen-bond acceptors (Lipinski definition) is 3. The van der Waals surface area contributed by atoms with E-state index in [1.807, 2.05) is 14.1 Å². The maximum absolute atomic E-state index is 11.8. The minimum atomic E-state index is -0.466. The molecule has 0 amide bonds. The van der Waals surface area contributed by atoms with Gasteiger partial charge >= 0.3 is 0 Å². The van der Waals surface area contributed by atoms with Gasteiger partial charge in [0.2, 0.25) is 0 Å². The highest BCUT2D eigenvalue weighted by Gasteiger charge is 2.35. The normalized spacial score (nSPS) is 20.3. The minimum absolute atomic E-state index is 0.275. The van der Waals surface area contributed by atoms with Crippen LogP contribution in [0, 0.1) is 0 Å². The van der Waals surface area contributed by atoms with Crippen LogP contribution >= 0.6 is 0 Å². The highest BCUT2D eigenvalue weighted by molar-refractivity contribution is 5.88. The molecule has 82 valence electrons. The molecule has 1 rings (SSSR count). The molecule has 3 nitrogen and oxygen atoms in total. The monoisotopic (exact) mass is 198 g/mol. The van der Waals surface area contributed by atoms with Gasteiger partial charge in [-0.1, -0.05) is 12.8 Å². The van der Waals surface area contributed by atoms with Crippen molar-refractivity contribution >= 4 is 5.78 Å². The van der Waals surface area contributed by atoms with E-state index in [9.17, 15) is 4.79 Å². The number of ketones is 1. The van der Waals surface area contributed by atoms with Crippen molar-refractivity contribution in [2.24, 2.45) is 5.73 Å². The van der Waals surface area contributed by atoms with E-state index in [1.165, 1.54) is 0 Å². The van der Waals surface area contributed by atoms with Crippen molar-refractivity contribution in [1.82, 2.24) is 4.90 Å². The van der Waals surface area contributed by atoms with E-state index in [0.29, 0.717) is 6.42 Å². The Labute approximate surface area is 86.6 Å². The van der Waals surface area contributed by atoms with E-state index >= 15 is 0 Å². The maximum Gasteiger partial charge on any atom is 0.152 e. The number of nitrogens with two attached hydrogens (primary N) is 1. The van der Waals surface area contributed by atoms with Crippen molar-refractivity contribution in [3.63, 3.8) is 0 Å². The largest absolute Gasteiger partial charge is 0.319 e. The van der Waals surface area contributed by atoms with Crippen LogP contribution in [0.15, 0.2) is 0 Å². The van der Waals surface area contributed by atoms with Gasteiger partial charge in [-0.05, 0) is 39.9 Å². The zero-order valence-electron chi connectivity index (χ0n) is 9.38. The molecule has 0 saturated heterocycles. The third-order valence-electron chi connectivity index (χ3n) is 3.06. The highest BCUT2D eigenvalue weighted by atomic mass is 16.1. The van der Waals surface area contributed by atoms with Crippen molar-refractivity contribution < 1.29 is 4.79 Å². The summed E-state index contributed by atoms with van der Waals surface area (Å²) in [4.78, 5) is 13.9. The first kappa shape index (κ1) is 11.7. The molecule has 0 aromatic rings. The van der Waals surface area contributed by atoms with Gasteiger partial charge in [0.25, 0.3) is 0 Å². The summed E-state index contributed by atoms with van der Waals surface area (Å²) in [7, 11) is 4.05. The number of carbonyl (C=O) groups excluding carboxylic acids is 1. The van der Waals surface area contributed by atoms with E-state index < -0.39 is 5.54 Å². The van der Waals surface area contributed by atoms with E-state index in [1.54, 1.807) is 0 Å². The number of rotatable bonds is 5. The summed E-state index contributed by atoms with van der Waals surface area (Å²) in [6.07, 6.45) is 5.62. The average Bonchev–Trinajstić information content (AvgIpc) is 2.52. The predicted octanol–water partition coefficient (Wildman–Crippen LogP) is 1.17. The van der Waals surface area contributed by atoms with Gasteiger partial charge < -0.3 is 10.6 Å². The molecule has 0 spiro atoms. The first-order valence-electron chi connectivity index (χ1n) is 5.51. The molecular formula is C11H22N2O. The third-order valence-corrected chi connectivity index (χ3v) is 3.06. The Bertz CT molecular complexity index is 195. The number of carbonyl (C=O) groups is 1. The third kappa shape index (κ3) is 3.07. The molecule has 0 heterocycles. The van der Waals surface area contributed by atoms with Crippen LogP contribution in [0.1, 0.15) is 38.5 Å². The fraction of sp³-hybridized carbons (Fsp3) is 0.909. The van der Waals surface area contributed by atoms with Gasteiger partial charge in [-0.3, -0.25) is 4.79 Å². The van der Waals surface area contributed by atoms with Gasteiger partial charge in [0.1, 0.15) is 0 Å². The van der Waals surface area contributed by atoms with Crippen LogP contribution in [-0.2, 0) is 4.79 Å². The molecule has 0 aliphatic heterocycles. The van der Waals surface area contributed by atoms with Crippen molar-refractivity contribution in [1.29, 1.82) is 0 Å².